The number of imidazole rings is 1. The summed E-state index contributed by atoms with van der Waals surface area (Å²) < 4.78 is 12.8. The maximum atomic E-state index is 11.7. The average molecular weight is 405 g/mol. The van der Waals surface area contributed by atoms with Crippen molar-refractivity contribution in [2.45, 2.75) is 25.2 Å². The zero-order chi connectivity index (χ0) is 20.7. The van der Waals surface area contributed by atoms with Crippen molar-refractivity contribution in [1.82, 2.24) is 25.2 Å². The molecule has 1 aromatic carbocycles. The highest BCUT2D eigenvalue weighted by Gasteiger charge is 2.41. The van der Waals surface area contributed by atoms with E-state index in [1.165, 1.54) is 5.56 Å². The number of hydrogen-bond donors (Lipinski definition) is 2. The van der Waals surface area contributed by atoms with E-state index in [1.54, 1.807) is 24.0 Å². The van der Waals surface area contributed by atoms with Crippen molar-refractivity contribution in [3.8, 4) is 5.75 Å². The highest BCUT2D eigenvalue weighted by molar-refractivity contribution is 5.78. The molecule has 3 aromatic rings. The molecule has 1 fully saturated rings. The van der Waals surface area contributed by atoms with Gasteiger partial charge >= 0.3 is 6.03 Å². The number of carbonyl (C=O) groups excluding carboxylic acids is 1. The van der Waals surface area contributed by atoms with Gasteiger partial charge in [-0.25, -0.2) is 14.3 Å². The molecule has 2 amide bonds. The van der Waals surface area contributed by atoms with Crippen molar-refractivity contribution in [3.05, 3.63) is 65.2 Å². The molecule has 0 saturated heterocycles. The summed E-state index contributed by atoms with van der Waals surface area (Å²) >= 11 is 0. The molecule has 1 aliphatic carbocycles. The van der Waals surface area contributed by atoms with Crippen molar-refractivity contribution < 1.29 is 14.3 Å². The van der Waals surface area contributed by atoms with Gasteiger partial charge in [0.1, 0.15) is 12.5 Å². The fourth-order valence-electron chi connectivity index (χ4n) is 4.02. The summed E-state index contributed by atoms with van der Waals surface area (Å²) in [5.41, 5.74) is 6.01. The molecule has 0 unspecified atom stereocenters. The smallest absolute Gasteiger partial charge is 0.320 e. The second kappa shape index (κ2) is 7.46. The van der Waals surface area contributed by atoms with Crippen LogP contribution >= 0.6 is 0 Å². The molecule has 1 saturated carbocycles. The lowest BCUT2D eigenvalue weighted by molar-refractivity contribution is 0.146. The number of nitrogens with one attached hydrogen (secondary N) is 2. The minimum absolute atomic E-state index is 0.156. The number of nitrogens with zero attached hydrogens (tertiary/aromatic N) is 3. The number of aryl methyl sites for hydroxylation is 1. The Balaban J connectivity index is 1.50. The fourth-order valence-corrected chi connectivity index (χ4v) is 4.02. The molecule has 2 N–H and O–H groups in total. The van der Waals surface area contributed by atoms with Crippen LogP contribution in [0.1, 0.15) is 40.6 Å². The van der Waals surface area contributed by atoms with Crippen molar-refractivity contribution in [3.63, 3.8) is 0 Å². The molecular formula is C22H23N5O3. The maximum absolute atomic E-state index is 11.7. The van der Waals surface area contributed by atoms with Gasteiger partial charge in [-0.05, 0) is 48.4 Å². The lowest BCUT2D eigenvalue weighted by Gasteiger charge is -2.15. The zero-order valence-corrected chi connectivity index (χ0v) is 16.9. The van der Waals surface area contributed by atoms with Gasteiger partial charge in [-0.15, -0.1) is 0 Å². The van der Waals surface area contributed by atoms with Crippen molar-refractivity contribution in [2.24, 2.45) is 0 Å². The lowest BCUT2D eigenvalue weighted by Crippen LogP contribution is -2.36. The molecule has 30 heavy (non-hydrogen) atoms. The van der Waals surface area contributed by atoms with Crippen LogP contribution in [-0.2, 0) is 4.74 Å². The quantitative estimate of drug-likeness (QED) is 0.697. The van der Waals surface area contributed by atoms with Gasteiger partial charge in [-0.2, -0.15) is 5.10 Å². The van der Waals surface area contributed by atoms with Crippen LogP contribution in [0.3, 0.4) is 0 Å². The first-order chi connectivity index (χ1) is 14.6. The van der Waals surface area contributed by atoms with Gasteiger partial charge in [0.2, 0.25) is 0 Å². The van der Waals surface area contributed by atoms with E-state index in [-0.39, 0.29) is 12.8 Å². The minimum atomic E-state index is -0.299. The van der Waals surface area contributed by atoms with Crippen molar-refractivity contribution >= 4 is 17.3 Å². The molecule has 1 aliphatic heterocycles. The molecular weight excluding hydrogens is 382 g/mol. The number of aromatic nitrogens is 3. The Morgan fingerprint density at radius 1 is 1.27 bits per heavy atom. The molecule has 154 valence electrons. The molecule has 2 aliphatic rings. The Bertz CT molecular complexity index is 1150. The number of amides is 2. The van der Waals surface area contributed by atoms with Gasteiger partial charge in [-0.3, -0.25) is 0 Å². The number of benzene rings is 1. The predicted octanol–water partition coefficient (Wildman–Crippen LogP) is 2.95. The Kier molecular flexibility index (Phi) is 4.63. The first-order valence-corrected chi connectivity index (χ1v) is 9.94. The molecule has 8 nitrogen and oxygen atoms in total. The van der Waals surface area contributed by atoms with Crippen LogP contribution < -0.4 is 15.4 Å². The molecule has 8 heteroatoms. The third-order valence-corrected chi connectivity index (χ3v) is 5.74. The van der Waals surface area contributed by atoms with Crippen molar-refractivity contribution in [1.29, 1.82) is 0 Å². The van der Waals surface area contributed by atoms with E-state index >= 15 is 0 Å². The topological polar surface area (TPSA) is 89.8 Å². The molecule has 5 rings (SSSR count). The first kappa shape index (κ1) is 18.6. The third-order valence-electron chi connectivity index (χ3n) is 5.74. The summed E-state index contributed by atoms with van der Waals surface area (Å²) in [6.45, 7) is 2.56. The Morgan fingerprint density at radius 2 is 2.17 bits per heavy atom. The summed E-state index contributed by atoms with van der Waals surface area (Å²) in [5, 5.41) is 10.00. The highest BCUT2D eigenvalue weighted by atomic mass is 16.5. The van der Waals surface area contributed by atoms with Gasteiger partial charge in [0.15, 0.2) is 5.65 Å². The summed E-state index contributed by atoms with van der Waals surface area (Å²) in [7, 11) is 1.71. The van der Waals surface area contributed by atoms with Gasteiger partial charge < -0.3 is 20.1 Å². The summed E-state index contributed by atoms with van der Waals surface area (Å²) in [6.07, 6.45) is 6.31. The number of urea groups is 1. The van der Waals surface area contributed by atoms with Gasteiger partial charge in [0, 0.05) is 29.7 Å². The number of carbonyl (C=O) groups is 1. The maximum Gasteiger partial charge on any atom is 0.320 e. The van der Waals surface area contributed by atoms with E-state index in [2.05, 4.69) is 51.9 Å². The minimum Gasteiger partial charge on any atom is -0.496 e. The SMILES string of the molecule is COc1cc([C@H]2C[C@@H]2c2cc(/C3=C/NC(=O)NCOC3)nn3ccnc23)ccc1C. The van der Waals surface area contributed by atoms with E-state index in [9.17, 15) is 4.79 Å². The van der Waals surface area contributed by atoms with Crippen LogP contribution in [0.25, 0.3) is 11.2 Å². The Hall–Kier alpha value is -3.39. The summed E-state index contributed by atoms with van der Waals surface area (Å²) in [5.74, 6) is 1.69. The van der Waals surface area contributed by atoms with Crippen LogP contribution in [-0.4, -0.2) is 41.1 Å². The second-order valence-corrected chi connectivity index (χ2v) is 7.67. The van der Waals surface area contributed by atoms with E-state index in [0.717, 1.165) is 40.2 Å². The van der Waals surface area contributed by atoms with Crippen LogP contribution in [0.2, 0.25) is 0 Å². The molecule has 0 spiro atoms. The van der Waals surface area contributed by atoms with Gasteiger partial charge in [0.25, 0.3) is 0 Å². The molecule has 3 heterocycles. The third kappa shape index (κ3) is 3.39. The van der Waals surface area contributed by atoms with Gasteiger partial charge in [-0.1, -0.05) is 12.1 Å². The predicted molar refractivity (Wildman–Crippen MR) is 111 cm³/mol. The zero-order valence-electron chi connectivity index (χ0n) is 16.9. The van der Waals surface area contributed by atoms with Crippen LogP contribution in [0.4, 0.5) is 4.79 Å². The van der Waals surface area contributed by atoms with Crippen molar-refractivity contribution in [2.75, 3.05) is 20.4 Å². The summed E-state index contributed by atoms with van der Waals surface area (Å²) in [6, 6.07) is 8.21. The van der Waals surface area contributed by atoms with Crippen LogP contribution in [0, 0.1) is 6.92 Å². The normalized spacial score (nSPS) is 23.0. The number of fused-ring (bicyclic) bond motifs is 1. The highest BCUT2D eigenvalue weighted by Crippen LogP contribution is 2.56. The molecule has 2 atom stereocenters. The Labute approximate surface area is 173 Å². The van der Waals surface area contributed by atoms with E-state index in [1.807, 2.05) is 6.20 Å². The van der Waals surface area contributed by atoms with E-state index in [4.69, 9.17) is 9.47 Å². The molecule has 0 radical (unpaired) electrons. The fraction of sp³-hybridized carbons (Fsp3) is 0.318. The molecule has 0 bridgehead atoms. The standard InChI is InChI=1S/C22H23N5O3/c1-13-3-4-14(7-20(13)29-2)16-8-17(16)18-9-19(26-27-6-5-23-21(18)27)15-10-24-22(28)25-12-30-11-15/h3-7,9-10,16-17H,8,11-12H2,1-2H3,(H2,24,25,28)/b15-10+/t16-,17+/m1/s1. The molecule has 2 aromatic heterocycles. The second-order valence-electron chi connectivity index (χ2n) is 7.67. The van der Waals surface area contributed by atoms with Crippen LogP contribution in [0.15, 0.2) is 42.9 Å². The lowest BCUT2D eigenvalue weighted by atomic mass is 10.0. The number of ether oxygens (including phenoxy) is 2. The number of hydrogen-bond acceptors (Lipinski definition) is 5. The Morgan fingerprint density at radius 3 is 3.03 bits per heavy atom. The monoisotopic (exact) mass is 405 g/mol. The van der Waals surface area contributed by atoms with E-state index < -0.39 is 0 Å². The first-order valence-electron chi connectivity index (χ1n) is 9.94. The van der Waals surface area contributed by atoms with Crippen LogP contribution in [0.5, 0.6) is 5.75 Å². The average Bonchev–Trinajstić information content (AvgIpc) is 3.39. The number of methoxy groups -OCH3 is 1. The number of rotatable bonds is 4. The van der Waals surface area contributed by atoms with Gasteiger partial charge in [0.05, 0.1) is 19.4 Å². The van der Waals surface area contributed by atoms with E-state index in [0.29, 0.717) is 18.4 Å². The largest absolute Gasteiger partial charge is 0.496 e. The summed E-state index contributed by atoms with van der Waals surface area (Å²) in [4.78, 5) is 16.2.